The van der Waals surface area contributed by atoms with Gasteiger partial charge in [0.05, 0.1) is 5.92 Å². The third kappa shape index (κ3) is 10.5. The molecule has 0 aromatic heterocycles. The molecule has 0 N–H and O–H groups in total. The maximum absolute atomic E-state index is 12.5. The van der Waals surface area contributed by atoms with Crippen molar-refractivity contribution in [2.75, 3.05) is 0 Å². The first-order chi connectivity index (χ1) is 12.0. The summed E-state index contributed by atoms with van der Waals surface area (Å²) in [6.45, 7) is 8.76. The maximum Gasteiger partial charge on any atom is 1.00 e. The van der Waals surface area contributed by atoms with Gasteiger partial charge in [-0.15, -0.1) is 0 Å². The minimum atomic E-state index is -0.322. The van der Waals surface area contributed by atoms with Crippen molar-refractivity contribution in [3.63, 3.8) is 0 Å². The number of rotatable bonds is 11. The molecule has 148 valence electrons. The van der Waals surface area contributed by atoms with Crippen LogP contribution in [-0.2, 0) is 14.3 Å². The van der Waals surface area contributed by atoms with Crippen molar-refractivity contribution < 1.29 is 45.3 Å². The molecule has 0 spiro atoms. The van der Waals surface area contributed by atoms with Crippen LogP contribution >= 0.6 is 0 Å². The Morgan fingerprint density at radius 2 is 1.58 bits per heavy atom. The summed E-state index contributed by atoms with van der Waals surface area (Å²) in [6, 6.07) is 0. The molecule has 0 bridgehead atoms. The molecule has 0 aromatic carbocycles. The Hall–Kier alpha value is 0.140. The minimum Gasteiger partial charge on any atom is -1.00 e. The summed E-state index contributed by atoms with van der Waals surface area (Å²) in [5.74, 6) is 0.695. The molecule has 0 radical (unpaired) electrons. The van der Waals surface area contributed by atoms with Gasteiger partial charge in [-0.2, -0.15) is 0 Å². The number of hydrogen-bond acceptors (Lipinski definition) is 3. The molecule has 1 saturated carbocycles. The second kappa shape index (κ2) is 15.1. The fourth-order valence-electron chi connectivity index (χ4n) is 4.12. The summed E-state index contributed by atoms with van der Waals surface area (Å²) < 4.78 is 5.20. The Morgan fingerprint density at radius 3 is 2.15 bits per heavy atom. The van der Waals surface area contributed by atoms with Gasteiger partial charge in [0.2, 0.25) is 0 Å². The van der Waals surface area contributed by atoms with Crippen molar-refractivity contribution in [1.82, 2.24) is 0 Å². The Labute approximate surface area is 185 Å². The SMILES string of the molecule is CCCCCCCCCCC(=O)OC(=O)C1CC(C)CCC1C(C)C.[H-].[Na+]. The Bertz CT molecular complexity index is 401. The van der Waals surface area contributed by atoms with Gasteiger partial charge in [0.15, 0.2) is 0 Å². The molecule has 1 aliphatic rings. The Morgan fingerprint density at radius 1 is 1.00 bits per heavy atom. The smallest absolute Gasteiger partial charge is 1.00 e. The van der Waals surface area contributed by atoms with Gasteiger partial charge in [-0.1, -0.05) is 79.1 Å². The van der Waals surface area contributed by atoms with E-state index in [4.69, 9.17) is 4.74 Å². The van der Waals surface area contributed by atoms with Crippen molar-refractivity contribution in [1.29, 1.82) is 0 Å². The van der Waals surface area contributed by atoms with E-state index in [2.05, 4.69) is 27.7 Å². The fraction of sp³-hybridized carbons (Fsp3) is 0.909. The zero-order valence-electron chi connectivity index (χ0n) is 19.0. The largest absolute Gasteiger partial charge is 1.00 e. The van der Waals surface area contributed by atoms with Crippen LogP contribution in [0.2, 0.25) is 0 Å². The standard InChI is InChI=1S/C22H40O3.Na.H/c1-5-6-7-8-9-10-11-12-13-21(23)25-22(24)20-16-18(4)14-15-19(20)17(2)3;;/h17-20H,5-16H2,1-4H3;;/q;+1;-1. The maximum atomic E-state index is 12.5. The quantitative estimate of drug-likeness (QED) is 0.240. The first-order valence-electron chi connectivity index (χ1n) is 10.7. The van der Waals surface area contributed by atoms with E-state index in [1.165, 1.54) is 44.9 Å². The Kier molecular flexibility index (Phi) is 15.2. The second-order valence-corrected chi connectivity index (χ2v) is 8.45. The zero-order valence-corrected chi connectivity index (χ0v) is 20.0. The molecule has 0 amide bonds. The van der Waals surface area contributed by atoms with Gasteiger partial charge < -0.3 is 6.16 Å². The van der Waals surface area contributed by atoms with Crippen molar-refractivity contribution >= 4 is 11.9 Å². The van der Waals surface area contributed by atoms with E-state index in [9.17, 15) is 9.59 Å². The van der Waals surface area contributed by atoms with E-state index in [-0.39, 0.29) is 48.8 Å². The average molecular weight is 377 g/mol. The van der Waals surface area contributed by atoms with Gasteiger partial charge in [-0.05, 0) is 37.0 Å². The van der Waals surface area contributed by atoms with E-state index in [0.29, 0.717) is 24.2 Å². The molecule has 1 rings (SSSR count). The zero-order chi connectivity index (χ0) is 18.7. The predicted molar refractivity (Wildman–Crippen MR) is 104 cm³/mol. The Balaban J connectivity index is 0. The first-order valence-corrected chi connectivity index (χ1v) is 10.7. The van der Waals surface area contributed by atoms with Crippen LogP contribution in [0.1, 0.15) is 106 Å². The van der Waals surface area contributed by atoms with Gasteiger partial charge in [0, 0.05) is 6.42 Å². The molecule has 0 aromatic rings. The van der Waals surface area contributed by atoms with E-state index in [1.807, 2.05) is 0 Å². The monoisotopic (exact) mass is 376 g/mol. The molecule has 3 unspecified atom stereocenters. The summed E-state index contributed by atoms with van der Waals surface area (Å²) in [4.78, 5) is 24.4. The van der Waals surface area contributed by atoms with Crippen molar-refractivity contribution in [3.8, 4) is 0 Å². The second-order valence-electron chi connectivity index (χ2n) is 8.45. The third-order valence-electron chi connectivity index (χ3n) is 5.77. The topological polar surface area (TPSA) is 43.4 Å². The van der Waals surface area contributed by atoms with Crippen LogP contribution in [0.15, 0.2) is 0 Å². The molecule has 3 atom stereocenters. The summed E-state index contributed by atoms with van der Waals surface area (Å²) in [5.41, 5.74) is 0. The summed E-state index contributed by atoms with van der Waals surface area (Å²) in [7, 11) is 0. The molecule has 26 heavy (non-hydrogen) atoms. The molecule has 1 aliphatic carbocycles. The molecule has 4 heteroatoms. The van der Waals surface area contributed by atoms with Crippen molar-refractivity contribution in [2.45, 2.75) is 105 Å². The van der Waals surface area contributed by atoms with Crippen molar-refractivity contribution in [3.05, 3.63) is 0 Å². The van der Waals surface area contributed by atoms with Crippen LogP contribution in [0.5, 0.6) is 0 Å². The number of carbonyl (C=O) groups excluding carboxylic acids is 2. The summed E-state index contributed by atoms with van der Waals surface area (Å²) in [5, 5.41) is 0. The van der Waals surface area contributed by atoms with Crippen LogP contribution in [-0.4, -0.2) is 11.9 Å². The van der Waals surface area contributed by atoms with Crippen LogP contribution in [0.4, 0.5) is 0 Å². The molecular weight excluding hydrogens is 335 g/mol. The van der Waals surface area contributed by atoms with Crippen LogP contribution in [0, 0.1) is 23.7 Å². The molecular formula is C22H41NaO3. The first kappa shape index (κ1) is 26.1. The van der Waals surface area contributed by atoms with Crippen LogP contribution in [0.3, 0.4) is 0 Å². The third-order valence-corrected chi connectivity index (χ3v) is 5.77. The normalized spacial score (nSPS) is 22.7. The van der Waals surface area contributed by atoms with Gasteiger partial charge in [0.25, 0.3) is 0 Å². The number of hydrogen-bond donors (Lipinski definition) is 0. The van der Waals surface area contributed by atoms with Crippen LogP contribution in [0.25, 0.3) is 0 Å². The summed E-state index contributed by atoms with van der Waals surface area (Å²) in [6.07, 6.45) is 13.1. The molecule has 0 aliphatic heterocycles. The van der Waals surface area contributed by atoms with Gasteiger partial charge in [-0.25, -0.2) is 0 Å². The van der Waals surface area contributed by atoms with Crippen molar-refractivity contribution in [2.24, 2.45) is 23.7 Å². The molecule has 3 nitrogen and oxygen atoms in total. The number of carbonyl (C=O) groups is 2. The minimum absolute atomic E-state index is 0. The van der Waals surface area contributed by atoms with E-state index in [1.54, 1.807) is 0 Å². The van der Waals surface area contributed by atoms with Crippen LogP contribution < -0.4 is 29.6 Å². The molecule has 1 fully saturated rings. The molecule has 0 saturated heterocycles. The van der Waals surface area contributed by atoms with E-state index in [0.717, 1.165) is 25.7 Å². The fourth-order valence-corrected chi connectivity index (χ4v) is 4.12. The summed E-state index contributed by atoms with van der Waals surface area (Å²) >= 11 is 0. The van der Waals surface area contributed by atoms with E-state index >= 15 is 0 Å². The predicted octanol–water partition coefficient (Wildman–Crippen LogP) is 3.41. The molecule has 0 heterocycles. The van der Waals surface area contributed by atoms with Gasteiger partial charge >= 0.3 is 41.5 Å². The number of unbranched alkanes of at least 4 members (excludes halogenated alkanes) is 7. The van der Waals surface area contributed by atoms with Gasteiger partial charge in [0.1, 0.15) is 0 Å². The average Bonchev–Trinajstić information content (AvgIpc) is 2.56. The number of ether oxygens (including phenoxy) is 1. The van der Waals surface area contributed by atoms with Gasteiger partial charge in [-0.3, -0.25) is 9.59 Å². The van der Waals surface area contributed by atoms with E-state index < -0.39 is 0 Å². The number of esters is 2.